The number of benzene rings is 2. The summed E-state index contributed by atoms with van der Waals surface area (Å²) in [6.07, 6.45) is 3.64. The van der Waals surface area contributed by atoms with Gasteiger partial charge in [0.05, 0.1) is 41.3 Å². The summed E-state index contributed by atoms with van der Waals surface area (Å²) >= 11 is 0. The number of para-hydroxylation sites is 1. The van der Waals surface area contributed by atoms with Crippen LogP contribution in [0.1, 0.15) is 18.4 Å². The molecule has 0 radical (unpaired) electrons. The third-order valence-electron chi connectivity index (χ3n) is 8.27. The van der Waals surface area contributed by atoms with Gasteiger partial charge in [0.2, 0.25) is 5.95 Å². The van der Waals surface area contributed by atoms with E-state index in [0.717, 1.165) is 47.4 Å². The van der Waals surface area contributed by atoms with E-state index in [1.165, 1.54) is 11.8 Å². The number of nitrogens with zero attached hydrogens (tertiary/aromatic N) is 6. The lowest BCUT2D eigenvalue weighted by Gasteiger charge is -2.31. The van der Waals surface area contributed by atoms with Crippen LogP contribution < -0.4 is 4.90 Å². The molecule has 0 spiro atoms. The topological polar surface area (TPSA) is 78.1 Å². The Morgan fingerprint density at radius 2 is 1.92 bits per heavy atom. The van der Waals surface area contributed by atoms with E-state index < -0.39 is 0 Å². The normalized spacial score (nSPS) is 20.6. The van der Waals surface area contributed by atoms with Gasteiger partial charge in [-0.3, -0.25) is 4.79 Å². The van der Waals surface area contributed by atoms with Crippen molar-refractivity contribution in [1.82, 2.24) is 24.5 Å². The number of hydrogen-bond donors (Lipinski definition) is 0. The number of rotatable bonds is 4. The molecule has 4 heterocycles. The largest absolute Gasteiger partial charge is 0.469 e. The number of pyridine rings is 1. The van der Waals surface area contributed by atoms with Crippen LogP contribution in [0.25, 0.3) is 38.8 Å². The molecular formula is C29H27FN6O2. The number of hydrogen-bond acceptors (Lipinski definition) is 6. The number of ether oxygens (including phenoxy) is 1. The molecule has 2 aromatic carbocycles. The number of aromatic nitrogens is 5. The van der Waals surface area contributed by atoms with E-state index in [9.17, 15) is 4.79 Å². The first-order chi connectivity index (χ1) is 18.4. The number of carbonyl (C=O) groups is 1. The van der Waals surface area contributed by atoms with Gasteiger partial charge in [-0.05, 0) is 49.4 Å². The van der Waals surface area contributed by atoms with Gasteiger partial charge in [0.1, 0.15) is 11.5 Å². The van der Waals surface area contributed by atoms with Crippen molar-refractivity contribution < 1.29 is 13.9 Å². The third kappa shape index (κ3) is 3.27. The fourth-order valence-corrected chi connectivity index (χ4v) is 6.47. The summed E-state index contributed by atoms with van der Waals surface area (Å²) < 4.78 is 23.2. The first-order valence-corrected chi connectivity index (χ1v) is 12.9. The van der Waals surface area contributed by atoms with Gasteiger partial charge in [-0.2, -0.15) is 14.6 Å². The van der Waals surface area contributed by atoms with Crippen molar-refractivity contribution in [2.24, 2.45) is 18.9 Å². The highest BCUT2D eigenvalue weighted by molar-refractivity contribution is 6.03. The Balaban J connectivity index is 1.28. The smallest absolute Gasteiger partial charge is 0.309 e. The van der Waals surface area contributed by atoms with E-state index in [1.807, 2.05) is 53.3 Å². The fraction of sp³-hybridized carbons (Fsp3) is 0.310. The fourth-order valence-electron chi connectivity index (χ4n) is 6.47. The highest BCUT2D eigenvalue weighted by Gasteiger charge is 2.48. The molecule has 0 unspecified atom stereocenters. The summed E-state index contributed by atoms with van der Waals surface area (Å²) in [5, 5.41) is 10.7. The zero-order chi connectivity index (χ0) is 26.1. The minimum absolute atomic E-state index is 0.00791. The molecule has 9 heteroatoms. The van der Waals surface area contributed by atoms with Crippen molar-refractivity contribution in [3.63, 3.8) is 0 Å². The van der Waals surface area contributed by atoms with Crippen LogP contribution in [0, 0.1) is 24.7 Å². The highest BCUT2D eigenvalue weighted by atomic mass is 19.1. The second-order valence-electron chi connectivity index (χ2n) is 10.4. The molecule has 38 heavy (non-hydrogen) atoms. The van der Waals surface area contributed by atoms with Gasteiger partial charge in [0.25, 0.3) is 0 Å². The predicted molar refractivity (Wildman–Crippen MR) is 143 cm³/mol. The van der Waals surface area contributed by atoms with Gasteiger partial charge in [0, 0.05) is 30.6 Å². The van der Waals surface area contributed by atoms with Gasteiger partial charge in [-0.15, -0.1) is 0 Å². The van der Waals surface area contributed by atoms with Crippen LogP contribution in [0.2, 0.25) is 0 Å². The Kier molecular flexibility index (Phi) is 5.04. The van der Waals surface area contributed by atoms with Crippen LogP contribution in [-0.2, 0) is 16.6 Å². The molecule has 2 fully saturated rings. The number of fused-ring (bicyclic) bond motifs is 4. The Hall–Kier alpha value is -4.27. The Morgan fingerprint density at radius 1 is 1.08 bits per heavy atom. The minimum atomic E-state index is -0.383. The lowest BCUT2D eigenvalue weighted by atomic mass is 9.95. The van der Waals surface area contributed by atoms with E-state index >= 15 is 4.39 Å². The van der Waals surface area contributed by atoms with Crippen molar-refractivity contribution in [1.29, 1.82) is 0 Å². The molecule has 2 bridgehead atoms. The van der Waals surface area contributed by atoms with E-state index in [-0.39, 0.29) is 17.8 Å². The first-order valence-electron chi connectivity index (χ1n) is 12.9. The van der Waals surface area contributed by atoms with Crippen LogP contribution in [0.15, 0.2) is 54.7 Å². The molecule has 0 N–H and O–H groups in total. The Labute approximate surface area is 218 Å². The molecule has 3 aromatic heterocycles. The summed E-state index contributed by atoms with van der Waals surface area (Å²) in [4.78, 5) is 19.2. The van der Waals surface area contributed by atoms with Crippen molar-refractivity contribution in [2.75, 3.05) is 18.6 Å². The molecule has 3 atom stereocenters. The molecule has 0 amide bonds. The highest BCUT2D eigenvalue weighted by Crippen LogP contribution is 2.44. The van der Waals surface area contributed by atoms with Gasteiger partial charge in [-0.25, -0.2) is 14.3 Å². The van der Waals surface area contributed by atoms with E-state index in [0.29, 0.717) is 34.1 Å². The van der Waals surface area contributed by atoms with Gasteiger partial charge in [-0.1, -0.05) is 30.3 Å². The number of aryl methyl sites for hydroxylation is 2. The van der Waals surface area contributed by atoms with Crippen molar-refractivity contribution in [3.05, 3.63) is 66.2 Å². The van der Waals surface area contributed by atoms with Crippen molar-refractivity contribution in [2.45, 2.75) is 25.8 Å². The van der Waals surface area contributed by atoms with Gasteiger partial charge >= 0.3 is 5.97 Å². The summed E-state index contributed by atoms with van der Waals surface area (Å²) in [6, 6.07) is 16.0. The lowest BCUT2D eigenvalue weighted by Crippen LogP contribution is -2.38. The molecule has 1 saturated heterocycles. The number of methoxy groups -OCH3 is 1. The number of piperidine rings is 1. The maximum atomic E-state index is 15.1. The van der Waals surface area contributed by atoms with E-state index in [1.54, 1.807) is 7.05 Å². The molecule has 1 aliphatic heterocycles. The monoisotopic (exact) mass is 510 g/mol. The Bertz CT molecular complexity index is 1720. The van der Waals surface area contributed by atoms with E-state index in [4.69, 9.17) is 14.8 Å². The molecule has 1 aliphatic carbocycles. The third-order valence-corrected chi connectivity index (χ3v) is 8.27. The molecule has 192 valence electrons. The maximum absolute atomic E-state index is 15.1. The van der Waals surface area contributed by atoms with E-state index in [2.05, 4.69) is 23.0 Å². The average molecular weight is 511 g/mol. The van der Waals surface area contributed by atoms with Crippen LogP contribution in [0.5, 0.6) is 0 Å². The quantitative estimate of drug-likeness (QED) is 0.323. The van der Waals surface area contributed by atoms with Gasteiger partial charge < -0.3 is 9.64 Å². The van der Waals surface area contributed by atoms with Crippen LogP contribution in [0.3, 0.4) is 0 Å². The summed E-state index contributed by atoms with van der Waals surface area (Å²) in [6.45, 7) is 2.86. The Morgan fingerprint density at radius 3 is 2.66 bits per heavy atom. The van der Waals surface area contributed by atoms with Crippen molar-refractivity contribution >= 4 is 33.6 Å². The van der Waals surface area contributed by atoms with Crippen molar-refractivity contribution in [3.8, 4) is 16.9 Å². The molecular weight excluding hydrogens is 483 g/mol. The molecule has 2 aliphatic rings. The standard InChI is InChI=1S/C29H27FN6O2/c1-16-6-4-8-21-26(20-7-5-9-23-25(20)28(30)34(2)32-23)33-36(27(16)21)18-10-11-24(31-14-18)35-15-17-12-19(35)13-22(17)29(37)38-3/h4-11,14,17,19,22H,12-13,15H2,1-3H3/t17-,19-,22+/m1/s1. The second-order valence-corrected chi connectivity index (χ2v) is 10.4. The summed E-state index contributed by atoms with van der Waals surface area (Å²) in [5.41, 5.74) is 4.86. The molecule has 8 nitrogen and oxygen atoms in total. The average Bonchev–Trinajstić information content (AvgIpc) is 3.70. The number of halogens is 1. The first kappa shape index (κ1) is 22.9. The SMILES string of the molecule is COC(=O)[C@H]1C[C@H]2C[C@@H]1CN2c1ccc(-n2nc(-c3cccc4nn(C)c(F)c34)c3cccc(C)c32)cn1. The van der Waals surface area contributed by atoms with Crippen LogP contribution in [-0.4, -0.2) is 50.2 Å². The molecule has 5 aromatic rings. The summed E-state index contributed by atoms with van der Waals surface area (Å²) in [7, 11) is 3.07. The zero-order valence-electron chi connectivity index (χ0n) is 21.4. The number of esters is 1. The van der Waals surface area contributed by atoms with Crippen LogP contribution >= 0.6 is 0 Å². The maximum Gasteiger partial charge on any atom is 0.309 e. The molecule has 1 saturated carbocycles. The zero-order valence-corrected chi connectivity index (χ0v) is 21.4. The lowest BCUT2D eigenvalue weighted by molar-refractivity contribution is -0.146. The second kappa shape index (κ2) is 8.37. The van der Waals surface area contributed by atoms with Crippen LogP contribution in [0.4, 0.5) is 10.2 Å². The number of carbonyl (C=O) groups excluding carboxylic acids is 1. The van der Waals surface area contributed by atoms with Gasteiger partial charge in [0.15, 0.2) is 0 Å². The minimum Gasteiger partial charge on any atom is -0.469 e. The summed E-state index contributed by atoms with van der Waals surface area (Å²) in [5.74, 6) is 0.724. The molecule has 7 rings (SSSR count). The predicted octanol–water partition coefficient (Wildman–Crippen LogP) is 4.81. The number of anilines is 1.